The van der Waals surface area contributed by atoms with Crippen molar-refractivity contribution in [3.8, 4) is 0 Å². The first-order chi connectivity index (χ1) is 18.8. The summed E-state index contributed by atoms with van der Waals surface area (Å²) in [4.78, 5) is 52.4. The number of cyclic esters (lactones) is 3. The summed E-state index contributed by atoms with van der Waals surface area (Å²) in [5.41, 5.74) is 1.28. The third kappa shape index (κ3) is 2.50. The molecule has 10 nitrogen and oxygen atoms in total. The summed E-state index contributed by atoms with van der Waals surface area (Å²) in [6, 6.07) is 0. The maximum absolute atomic E-state index is 13.9. The molecule has 2 saturated heterocycles. The second kappa shape index (κ2) is 7.56. The summed E-state index contributed by atoms with van der Waals surface area (Å²) >= 11 is 0. The molecule has 0 amide bonds. The predicted octanol–water partition coefficient (Wildman–Crippen LogP) is 1.02. The van der Waals surface area contributed by atoms with E-state index in [1.54, 1.807) is 6.92 Å². The first kappa shape index (κ1) is 23.8. The average Bonchev–Trinajstić information content (AvgIpc) is 2.91. The van der Waals surface area contributed by atoms with Gasteiger partial charge in [-0.25, -0.2) is 9.59 Å². The Morgan fingerprint density at radius 2 is 1.69 bits per heavy atom. The highest BCUT2D eigenvalue weighted by Crippen LogP contribution is 2.69. The van der Waals surface area contributed by atoms with Gasteiger partial charge in [-0.1, -0.05) is 6.08 Å². The van der Waals surface area contributed by atoms with Crippen molar-refractivity contribution in [1.82, 2.24) is 0 Å². The van der Waals surface area contributed by atoms with Crippen LogP contribution in [0, 0.1) is 22.7 Å². The largest absolute Gasteiger partial charge is 0.465 e. The number of ether oxygens (including phenoxy) is 5. The molecule has 2 bridgehead atoms. The molecule has 0 aromatic carbocycles. The van der Waals surface area contributed by atoms with Crippen molar-refractivity contribution in [1.29, 1.82) is 0 Å². The van der Waals surface area contributed by atoms with E-state index in [0.717, 1.165) is 11.1 Å². The third-order valence-corrected chi connectivity index (χ3v) is 10.7. The van der Waals surface area contributed by atoms with Crippen molar-refractivity contribution in [2.45, 2.75) is 63.6 Å². The van der Waals surface area contributed by atoms with Crippen molar-refractivity contribution in [2.24, 2.45) is 22.7 Å². The van der Waals surface area contributed by atoms with Crippen LogP contribution < -0.4 is 0 Å². The van der Waals surface area contributed by atoms with Gasteiger partial charge in [-0.05, 0) is 48.5 Å². The van der Waals surface area contributed by atoms with Crippen LogP contribution in [0.15, 0.2) is 45.1 Å². The summed E-state index contributed by atoms with van der Waals surface area (Å²) in [5.74, 6) is -2.46. The molecule has 0 radical (unpaired) electrons. The molecule has 2 spiro atoms. The highest BCUT2D eigenvalue weighted by molar-refractivity contribution is 5.99. The number of aliphatic hydroxyl groups is 1. The standard InChI is InChI=1S/C29H28O10/c1-11-14(9-30)15-3-6-36-27(34)29(15)23(31)22-19-13(10-37-26(22)33)8-28-12(2)39-18(7-17(28)21(19)24(29)38-11)20-16(28)4-5-35-25(20)32/h8-9,11-12,17-18,21,23-24,31H,3-7,10H2,1-2H3/t11-,12-,17-,18-,21-,23-,24-,28-,29-/m1/s1. The first-order valence-electron chi connectivity index (χ1n) is 13.7. The number of carbonyl (C=O) groups is 4. The summed E-state index contributed by atoms with van der Waals surface area (Å²) in [6.45, 7) is 4.11. The smallest absolute Gasteiger partial charge is 0.337 e. The monoisotopic (exact) mass is 536 g/mol. The van der Waals surface area contributed by atoms with E-state index in [0.29, 0.717) is 41.4 Å². The Morgan fingerprint density at radius 3 is 2.49 bits per heavy atom. The molecule has 0 unspecified atom stereocenters. The predicted molar refractivity (Wildman–Crippen MR) is 128 cm³/mol. The van der Waals surface area contributed by atoms with E-state index < -0.39 is 53.1 Å². The number of hydrogen-bond donors (Lipinski definition) is 1. The lowest BCUT2D eigenvalue weighted by Gasteiger charge is -2.65. The zero-order valence-corrected chi connectivity index (χ0v) is 21.6. The molecule has 10 heteroatoms. The SMILES string of the molecule is C[C@H]1O[C@@H]2[C@H]3C4=C(C(=O)OCC4=C[C@@]45C6=C(C(=O)OCC6)[C@@H](C[C@H]34)O[C@@H]5C)[C@@H](O)[C@@]23C(=O)OCCC3=C1C=O. The van der Waals surface area contributed by atoms with Crippen molar-refractivity contribution in [3.05, 3.63) is 45.1 Å². The number of carbonyl (C=O) groups excluding carboxylic acids is 4. The molecule has 2 fully saturated rings. The van der Waals surface area contributed by atoms with Crippen molar-refractivity contribution in [3.63, 3.8) is 0 Å². The minimum absolute atomic E-state index is 0.000565. The van der Waals surface area contributed by atoms with Gasteiger partial charge in [-0.15, -0.1) is 0 Å². The zero-order chi connectivity index (χ0) is 27.0. The molecule has 1 N–H and O–H groups in total. The average molecular weight is 537 g/mol. The van der Waals surface area contributed by atoms with Crippen LogP contribution in [0.4, 0.5) is 0 Å². The Kier molecular flexibility index (Phi) is 4.61. The minimum atomic E-state index is -1.76. The molecule has 3 aliphatic carbocycles. The fraction of sp³-hybridized carbons (Fsp3) is 0.586. The van der Waals surface area contributed by atoms with E-state index in [2.05, 4.69) is 6.08 Å². The number of aliphatic hydroxyl groups excluding tert-OH is 1. The van der Waals surface area contributed by atoms with Crippen LogP contribution >= 0.6 is 0 Å². The highest BCUT2D eigenvalue weighted by Gasteiger charge is 2.73. The van der Waals surface area contributed by atoms with Crippen LogP contribution in [-0.2, 0) is 42.9 Å². The lowest BCUT2D eigenvalue weighted by Crippen LogP contribution is -2.70. The van der Waals surface area contributed by atoms with Crippen LogP contribution in [0.3, 0.4) is 0 Å². The fourth-order valence-electron chi connectivity index (χ4n) is 9.32. The Hall–Kier alpha value is -3.08. The second-order valence-electron chi connectivity index (χ2n) is 11.8. The van der Waals surface area contributed by atoms with Crippen LogP contribution in [-0.4, -0.2) is 79.6 Å². The second-order valence-corrected chi connectivity index (χ2v) is 11.8. The van der Waals surface area contributed by atoms with E-state index in [1.807, 2.05) is 6.92 Å². The molecule has 6 heterocycles. The Morgan fingerprint density at radius 1 is 0.949 bits per heavy atom. The summed E-state index contributed by atoms with van der Waals surface area (Å²) < 4.78 is 29.6. The molecule has 9 rings (SSSR count). The molecule has 6 aliphatic heterocycles. The fourth-order valence-corrected chi connectivity index (χ4v) is 9.32. The molecule has 0 aromatic heterocycles. The highest BCUT2D eigenvalue weighted by atomic mass is 16.6. The topological polar surface area (TPSA) is 135 Å². The van der Waals surface area contributed by atoms with E-state index in [-0.39, 0.29) is 49.8 Å². The van der Waals surface area contributed by atoms with E-state index in [1.165, 1.54) is 0 Å². The summed E-state index contributed by atoms with van der Waals surface area (Å²) in [5, 5.41) is 12.0. The molecule has 9 atom stereocenters. The lowest BCUT2D eigenvalue weighted by molar-refractivity contribution is -0.211. The number of esters is 3. The molecule has 39 heavy (non-hydrogen) atoms. The first-order valence-corrected chi connectivity index (χ1v) is 13.7. The van der Waals surface area contributed by atoms with E-state index in [4.69, 9.17) is 23.7 Å². The van der Waals surface area contributed by atoms with Gasteiger partial charge in [0.05, 0.1) is 48.8 Å². The van der Waals surface area contributed by atoms with Gasteiger partial charge in [0, 0.05) is 29.7 Å². The van der Waals surface area contributed by atoms with Crippen LogP contribution in [0.25, 0.3) is 0 Å². The number of aldehydes is 1. The van der Waals surface area contributed by atoms with Gasteiger partial charge in [0.2, 0.25) is 0 Å². The van der Waals surface area contributed by atoms with Crippen LogP contribution in [0.1, 0.15) is 33.1 Å². The molecule has 204 valence electrons. The maximum Gasteiger partial charge on any atom is 0.337 e. The summed E-state index contributed by atoms with van der Waals surface area (Å²) in [6.07, 6.45) is 0.120. The van der Waals surface area contributed by atoms with Gasteiger partial charge in [0.15, 0.2) is 0 Å². The molecular formula is C29H28O10. The number of rotatable bonds is 1. The Bertz CT molecular complexity index is 1410. The van der Waals surface area contributed by atoms with Crippen LogP contribution in [0.2, 0.25) is 0 Å². The Labute approximate surface area is 223 Å². The third-order valence-electron chi connectivity index (χ3n) is 10.7. The maximum atomic E-state index is 13.9. The zero-order valence-electron chi connectivity index (χ0n) is 21.6. The molecule has 0 saturated carbocycles. The van der Waals surface area contributed by atoms with Crippen LogP contribution in [0.5, 0.6) is 0 Å². The normalized spacial score (nSPS) is 45.7. The molecular weight excluding hydrogens is 508 g/mol. The van der Waals surface area contributed by atoms with Gasteiger partial charge < -0.3 is 28.8 Å². The van der Waals surface area contributed by atoms with Crippen molar-refractivity contribution >= 4 is 24.2 Å². The van der Waals surface area contributed by atoms with Gasteiger partial charge in [-0.2, -0.15) is 0 Å². The quantitative estimate of drug-likeness (QED) is 0.294. The number of fused-ring (bicyclic) bond motifs is 2. The van der Waals surface area contributed by atoms with Gasteiger partial charge in [0.25, 0.3) is 0 Å². The van der Waals surface area contributed by atoms with Gasteiger partial charge in [0.1, 0.15) is 24.4 Å². The molecule has 0 aromatic rings. The van der Waals surface area contributed by atoms with Gasteiger partial charge >= 0.3 is 17.9 Å². The lowest BCUT2D eigenvalue weighted by atomic mass is 9.44. The number of hydrogen-bond acceptors (Lipinski definition) is 10. The van der Waals surface area contributed by atoms with Crippen molar-refractivity contribution < 1.29 is 48.0 Å². The summed E-state index contributed by atoms with van der Waals surface area (Å²) in [7, 11) is 0. The van der Waals surface area contributed by atoms with Crippen molar-refractivity contribution in [2.75, 3.05) is 19.8 Å². The van der Waals surface area contributed by atoms with Gasteiger partial charge in [-0.3, -0.25) is 9.59 Å². The van der Waals surface area contributed by atoms with E-state index >= 15 is 0 Å². The molecule has 9 aliphatic rings. The minimum Gasteiger partial charge on any atom is -0.465 e. The Balaban J connectivity index is 1.45. The van der Waals surface area contributed by atoms with E-state index in [9.17, 15) is 24.3 Å².